The molecule has 4 rings (SSSR count). The van der Waals surface area contributed by atoms with Gasteiger partial charge in [0.2, 0.25) is 0 Å². The Kier molecular flexibility index (Phi) is 5.57. The Morgan fingerprint density at radius 2 is 1.86 bits per heavy atom. The van der Waals surface area contributed by atoms with E-state index in [1.165, 1.54) is 5.56 Å². The first kappa shape index (κ1) is 18.9. The van der Waals surface area contributed by atoms with Crippen LogP contribution in [0, 0.1) is 0 Å². The number of amides is 1. The standard InChI is InChI=1S/C22H23ClN4O/c1-26-9-11-27(12-10-26)15-16-5-4-6-17(13-16)24-22(28)19-14-21(23)25-20-8-3-2-7-18(19)20/h2-8,13-14H,9-12,15H2,1H3,(H,24,28). The van der Waals surface area contributed by atoms with Crippen molar-refractivity contribution in [2.45, 2.75) is 6.54 Å². The molecule has 1 N–H and O–H groups in total. The molecule has 1 amide bonds. The molecule has 1 aliphatic heterocycles. The predicted molar refractivity (Wildman–Crippen MR) is 114 cm³/mol. The Balaban J connectivity index is 1.51. The monoisotopic (exact) mass is 394 g/mol. The number of aromatic nitrogens is 1. The minimum absolute atomic E-state index is 0.183. The summed E-state index contributed by atoms with van der Waals surface area (Å²) in [5.41, 5.74) is 3.22. The van der Waals surface area contributed by atoms with E-state index < -0.39 is 0 Å². The van der Waals surface area contributed by atoms with Crippen molar-refractivity contribution in [2.75, 3.05) is 38.5 Å². The molecule has 3 aromatic rings. The summed E-state index contributed by atoms with van der Waals surface area (Å²) < 4.78 is 0. The maximum atomic E-state index is 12.9. The first-order valence-electron chi connectivity index (χ1n) is 9.45. The minimum Gasteiger partial charge on any atom is -0.322 e. The predicted octanol–water partition coefficient (Wildman–Crippen LogP) is 3.89. The largest absolute Gasteiger partial charge is 0.322 e. The highest BCUT2D eigenvalue weighted by Gasteiger charge is 2.15. The fraction of sp³-hybridized carbons (Fsp3) is 0.273. The van der Waals surface area contributed by atoms with Crippen LogP contribution < -0.4 is 5.32 Å². The number of rotatable bonds is 4. The normalized spacial score (nSPS) is 15.6. The number of hydrogen-bond acceptors (Lipinski definition) is 4. The number of para-hydroxylation sites is 1. The van der Waals surface area contributed by atoms with Crippen LogP contribution in [0.1, 0.15) is 15.9 Å². The van der Waals surface area contributed by atoms with Gasteiger partial charge in [-0.1, -0.05) is 41.9 Å². The average molecular weight is 395 g/mol. The molecule has 144 valence electrons. The van der Waals surface area contributed by atoms with E-state index in [9.17, 15) is 4.79 Å². The van der Waals surface area contributed by atoms with Crippen LogP contribution in [0.5, 0.6) is 0 Å². The molecule has 0 spiro atoms. The average Bonchev–Trinajstić information content (AvgIpc) is 2.69. The van der Waals surface area contributed by atoms with Gasteiger partial charge in [0, 0.05) is 43.8 Å². The van der Waals surface area contributed by atoms with Crippen molar-refractivity contribution in [1.82, 2.24) is 14.8 Å². The van der Waals surface area contributed by atoms with E-state index in [0.29, 0.717) is 16.2 Å². The Morgan fingerprint density at radius 1 is 1.07 bits per heavy atom. The third-order valence-corrected chi connectivity index (χ3v) is 5.31. The summed E-state index contributed by atoms with van der Waals surface area (Å²) in [4.78, 5) is 22.0. The van der Waals surface area contributed by atoms with Crippen molar-refractivity contribution in [1.29, 1.82) is 0 Å². The maximum Gasteiger partial charge on any atom is 0.256 e. The lowest BCUT2D eigenvalue weighted by Gasteiger charge is -2.32. The summed E-state index contributed by atoms with van der Waals surface area (Å²) in [7, 11) is 2.16. The molecule has 0 bridgehead atoms. The molecule has 28 heavy (non-hydrogen) atoms. The van der Waals surface area contributed by atoms with Gasteiger partial charge in [-0.05, 0) is 36.9 Å². The highest BCUT2D eigenvalue weighted by atomic mass is 35.5. The van der Waals surface area contributed by atoms with E-state index in [4.69, 9.17) is 11.6 Å². The number of nitrogens with one attached hydrogen (secondary N) is 1. The second-order valence-corrected chi connectivity index (χ2v) is 7.63. The van der Waals surface area contributed by atoms with Gasteiger partial charge >= 0.3 is 0 Å². The van der Waals surface area contributed by atoms with Crippen molar-refractivity contribution in [3.63, 3.8) is 0 Å². The smallest absolute Gasteiger partial charge is 0.256 e. The first-order chi connectivity index (χ1) is 13.6. The number of benzene rings is 2. The topological polar surface area (TPSA) is 48.5 Å². The number of halogens is 1. The first-order valence-corrected chi connectivity index (χ1v) is 9.83. The molecule has 0 radical (unpaired) electrons. The SMILES string of the molecule is CN1CCN(Cc2cccc(NC(=O)c3cc(Cl)nc4ccccc34)c2)CC1. The molecule has 2 aromatic carbocycles. The number of nitrogens with zero attached hydrogens (tertiary/aromatic N) is 3. The molecule has 1 aromatic heterocycles. The van der Waals surface area contributed by atoms with Crippen molar-refractivity contribution >= 4 is 34.1 Å². The Hall–Kier alpha value is -2.47. The number of pyridine rings is 1. The van der Waals surface area contributed by atoms with Crippen LogP contribution in [-0.2, 0) is 6.54 Å². The summed E-state index contributed by atoms with van der Waals surface area (Å²) in [6.45, 7) is 5.20. The fourth-order valence-corrected chi connectivity index (χ4v) is 3.74. The lowest BCUT2D eigenvalue weighted by molar-refractivity contribution is 0.102. The van der Waals surface area contributed by atoms with E-state index in [-0.39, 0.29) is 5.91 Å². The second-order valence-electron chi connectivity index (χ2n) is 7.24. The Bertz CT molecular complexity index is 999. The van der Waals surface area contributed by atoms with Crippen LogP contribution in [0.3, 0.4) is 0 Å². The number of piperazine rings is 1. The molecule has 0 unspecified atom stereocenters. The molecule has 0 aliphatic carbocycles. The number of carbonyl (C=O) groups is 1. The van der Waals surface area contributed by atoms with Gasteiger partial charge in [-0.3, -0.25) is 9.69 Å². The number of hydrogen-bond donors (Lipinski definition) is 1. The molecule has 6 heteroatoms. The highest BCUT2D eigenvalue weighted by molar-refractivity contribution is 6.30. The van der Waals surface area contributed by atoms with Gasteiger partial charge in [-0.2, -0.15) is 0 Å². The lowest BCUT2D eigenvalue weighted by Crippen LogP contribution is -2.43. The van der Waals surface area contributed by atoms with E-state index in [2.05, 4.69) is 33.2 Å². The van der Waals surface area contributed by atoms with Crippen LogP contribution in [0.4, 0.5) is 5.69 Å². The van der Waals surface area contributed by atoms with Crippen LogP contribution in [0.25, 0.3) is 10.9 Å². The van der Waals surface area contributed by atoms with Gasteiger partial charge in [-0.15, -0.1) is 0 Å². The summed E-state index contributed by atoms with van der Waals surface area (Å²) in [6, 6.07) is 17.2. The van der Waals surface area contributed by atoms with E-state index in [0.717, 1.165) is 43.8 Å². The maximum absolute atomic E-state index is 12.9. The van der Waals surface area contributed by atoms with E-state index in [1.807, 2.05) is 42.5 Å². The van der Waals surface area contributed by atoms with Gasteiger partial charge in [-0.25, -0.2) is 4.98 Å². The summed E-state index contributed by atoms with van der Waals surface area (Å²) >= 11 is 6.11. The number of likely N-dealkylation sites (N-methyl/N-ethyl adjacent to an activating group) is 1. The number of anilines is 1. The van der Waals surface area contributed by atoms with E-state index >= 15 is 0 Å². The zero-order valence-corrected chi connectivity index (χ0v) is 16.6. The third-order valence-electron chi connectivity index (χ3n) is 5.12. The zero-order chi connectivity index (χ0) is 19.5. The van der Waals surface area contributed by atoms with Gasteiger partial charge in [0.05, 0.1) is 11.1 Å². The van der Waals surface area contributed by atoms with Crippen molar-refractivity contribution in [2.24, 2.45) is 0 Å². The van der Waals surface area contributed by atoms with Crippen LogP contribution in [0.2, 0.25) is 5.15 Å². The molecule has 2 heterocycles. The van der Waals surface area contributed by atoms with Gasteiger partial charge < -0.3 is 10.2 Å². The van der Waals surface area contributed by atoms with Crippen LogP contribution >= 0.6 is 11.6 Å². The van der Waals surface area contributed by atoms with E-state index in [1.54, 1.807) is 6.07 Å². The third kappa shape index (κ3) is 4.33. The molecule has 0 atom stereocenters. The van der Waals surface area contributed by atoms with Gasteiger partial charge in [0.1, 0.15) is 5.15 Å². The van der Waals surface area contributed by atoms with Gasteiger partial charge in [0.15, 0.2) is 0 Å². The minimum atomic E-state index is -0.183. The lowest BCUT2D eigenvalue weighted by atomic mass is 10.1. The molecule has 1 saturated heterocycles. The molecule has 5 nitrogen and oxygen atoms in total. The summed E-state index contributed by atoms with van der Waals surface area (Å²) in [5, 5.41) is 4.11. The van der Waals surface area contributed by atoms with Crippen molar-refractivity contribution in [3.05, 3.63) is 70.9 Å². The molecule has 0 saturated carbocycles. The quantitative estimate of drug-likeness (QED) is 0.682. The highest BCUT2D eigenvalue weighted by Crippen LogP contribution is 2.22. The van der Waals surface area contributed by atoms with Crippen LogP contribution in [0.15, 0.2) is 54.6 Å². The van der Waals surface area contributed by atoms with Crippen molar-refractivity contribution < 1.29 is 4.79 Å². The molecular weight excluding hydrogens is 372 g/mol. The van der Waals surface area contributed by atoms with Crippen LogP contribution in [-0.4, -0.2) is 53.9 Å². The molecule has 1 fully saturated rings. The summed E-state index contributed by atoms with van der Waals surface area (Å²) in [6.07, 6.45) is 0. The molecule has 1 aliphatic rings. The number of fused-ring (bicyclic) bond motifs is 1. The molecular formula is C22H23ClN4O. The van der Waals surface area contributed by atoms with Gasteiger partial charge in [0.25, 0.3) is 5.91 Å². The Labute approximate surface area is 169 Å². The fourth-order valence-electron chi connectivity index (χ4n) is 3.54. The van der Waals surface area contributed by atoms with Crippen molar-refractivity contribution in [3.8, 4) is 0 Å². The number of carbonyl (C=O) groups excluding carboxylic acids is 1. The zero-order valence-electron chi connectivity index (χ0n) is 15.9. The summed E-state index contributed by atoms with van der Waals surface area (Å²) in [5.74, 6) is -0.183. The Morgan fingerprint density at radius 3 is 2.68 bits per heavy atom. The second kappa shape index (κ2) is 8.27.